The number of nitro benzene ring substituents is 1. The third kappa shape index (κ3) is 5.07. The maximum atomic E-state index is 12.8. The van der Waals surface area contributed by atoms with Gasteiger partial charge in [0, 0.05) is 11.6 Å². The highest BCUT2D eigenvalue weighted by molar-refractivity contribution is 14.1. The molecule has 0 aliphatic carbocycles. The number of halogens is 1. The number of benzene rings is 2. The zero-order valence-electron chi connectivity index (χ0n) is 16.4. The number of hydrogen-bond acceptors (Lipinski definition) is 7. The number of ether oxygens (including phenoxy) is 2. The summed E-state index contributed by atoms with van der Waals surface area (Å²) in [4.78, 5) is 37.2. The first kappa shape index (κ1) is 22.8. The van der Waals surface area contributed by atoms with Crippen molar-refractivity contribution in [2.24, 2.45) is 0 Å². The highest BCUT2D eigenvalue weighted by Crippen LogP contribution is 2.38. The summed E-state index contributed by atoms with van der Waals surface area (Å²) < 4.78 is 11.8. The smallest absolute Gasteiger partial charge is 0.293 e. The van der Waals surface area contributed by atoms with Crippen molar-refractivity contribution < 1.29 is 24.0 Å². The largest absolute Gasteiger partial charge is 0.493 e. The molecular weight excluding hydrogens is 535 g/mol. The number of amides is 2. The lowest BCUT2D eigenvalue weighted by molar-refractivity contribution is -0.385. The van der Waals surface area contributed by atoms with Crippen molar-refractivity contribution in [3.05, 3.63) is 78.8 Å². The van der Waals surface area contributed by atoms with Gasteiger partial charge in [-0.25, -0.2) is 0 Å². The molecule has 160 valence electrons. The molecule has 3 rings (SSSR count). The molecule has 0 atom stereocenters. The van der Waals surface area contributed by atoms with Crippen LogP contribution in [0.15, 0.2) is 54.0 Å². The van der Waals surface area contributed by atoms with Gasteiger partial charge >= 0.3 is 0 Å². The van der Waals surface area contributed by atoms with E-state index in [1.54, 1.807) is 30.4 Å². The summed E-state index contributed by atoms with van der Waals surface area (Å²) in [6, 6.07) is 9.54. The van der Waals surface area contributed by atoms with Gasteiger partial charge in [0.25, 0.3) is 16.8 Å². The number of carbonyl (C=O) groups excluding carboxylic acids is 2. The number of carbonyl (C=O) groups is 2. The number of para-hydroxylation sites is 1. The van der Waals surface area contributed by atoms with Crippen LogP contribution in [0.25, 0.3) is 6.08 Å². The summed E-state index contributed by atoms with van der Waals surface area (Å²) in [5.74, 6) is 0.540. The zero-order chi connectivity index (χ0) is 22.5. The van der Waals surface area contributed by atoms with Gasteiger partial charge in [0.15, 0.2) is 11.5 Å². The predicted molar refractivity (Wildman–Crippen MR) is 126 cm³/mol. The minimum atomic E-state index is -0.533. The van der Waals surface area contributed by atoms with Gasteiger partial charge in [-0.15, -0.1) is 0 Å². The Hall–Kier alpha value is -2.86. The second-order valence-electron chi connectivity index (χ2n) is 6.29. The average molecular weight is 552 g/mol. The number of nitrogens with zero attached hydrogens (tertiary/aromatic N) is 2. The van der Waals surface area contributed by atoms with Crippen LogP contribution in [0.4, 0.5) is 10.5 Å². The van der Waals surface area contributed by atoms with E-state index < -0.39 is 16.1 Å². The standard InChI is InChI=1S/C21H17IN2O6S/c1-3-8-30-19-15(22)9-13(10-17(19)29-2)11-18-20(25)23(21(26)31-18)12-14-6-4-5-7-16(14)24(27)28/h3-7,9-11H,1,8,12H2,2H3/b18-11-. The van der Waals surface area contributed by atoms with Crippen LogP contribution in [0.5, 0.6) is 11.5 Å². The number of methoxy groups -OCH3 is 1. The minimum Gasteiger partial charge on any atom is -0.493 e. The molecule has 1 aliphatic heterocycles. The molecule has 1 fully saturated rings. The number of thioether (sulfide) groups is 1. The average Bonchev–Trinajstić information content (AvgIpc) is 3.00. The predicted octanol–water partition coefficient (Wildman–Crippen LogP) is 5.01. The lowest BCUT2D eigenvalue weighted by atomic mass is 10.1. The van der Waals surface area contributed by atoms with Gasteiger partial charge in [-0.05, 0) is 58.1 Å². The molecule has 10 heteroatoms. The van der Waals surface area contributed by atoms with Crippen LogP contribution in [0.2, 0.25) is 0 Å². The fraction of sp³-hybridized carbons (Fsp3) is 0.143. The number of rotatable bonds is 8. The Balaban J connectivity index is 1.88. The van der Waals surface area contributed by atoms with Gasteiger partial charge in [0.1, 0.15) is 6.61 Å². The van der Waals surface area contributed by atoms with Crippen molar-refractivity contribution in [3.8, 4) is 11.5 Å². The number of hydrogen-bond donors (Lipinski definition) is 0. The normalized spacial score (nSPS) is 14.8. The minimum absolute atomic E-state index is 0.139. The monoisotopic (exact) mass is 552 g/mol. The Bertz CT molecular complexity index is 1100. The van der Waals surface area contributed by atoms with Gasteiger partial charge < -0.3 is 9.47 Å². The molecule has 0 radical (unpaired) electrons. The van der Waals surface area contributed by atoms with Crippen LogP contribution in [-0.4, -0.2) is 34.7 Å². The Morgan fingerprint density at radius 2 is 2.03 bits per heavy atom. The Kier molecular flexibility index (Phi) is 7.33. The van der Waals surface area contributed by atoms with Crippen molar-refractivity contribution in [1.82, 2.24) is 4.90 Å². The van der Waals surface area contributed by atoms with E-state index >= 15 is 0 Å². The van der Waals surface area contributed by atoms with Crippen LogP contribution >= 0.6 is 34.4 Å². The fourth-order valence-corrected chi connectivity index (χ4v) is 4.51. The molecule has 0 N–H and O–H groups in total. The van der Waals surface area contributed by atoms with Crippen LogP contribution in [0.3, 0.4) is 0 Å². The number of nitro groups is 1. The van der Waals surface area contributed by atoms with Gasteiger partial charge in [-0.1, -0.05) is 30.9 Å². The summed E-state index contributed by atoms with van der Waals surface area (Å²) in [5, 5.41) is 10.7. The lowest BCUT2D eigenvalue weighted by Gasteiger charge is -2.13. The second-order valence-corrected chi connectivity index (χ2v) is 8.44. The third-order valence-corrected chi connectivity index (χ3v) is 5.99. The van der Waals surface area contributed by atoms with Crippen LogP contribution in [-0.2, 0) is 11.3 Å². The van der Waals surface area contributed by atoms with E-state index in [0.717, 1.165) is 20.2 Å². The molecular formula is C21H17IN2O6S. The number of imide groups is 1. The van der Waals surface area contributed by atoms with E-state index in [0.29, 0.717) is 23.7 Å². The highest BCUT2D eigenvalue weighted by Gasteiger charge is 2.36. The van der Waals surface area contributed by atoms with Gasteiger partial charge in [-0.3, -0.25) is 24.6 Å². The van der Waals surface area contributed by atoms with E-state index in [1.807, 2.05) is 0 Å². The topological polar surface area (TPSA) is 99.0 Å². The van der Waals surface area contributed by atoms with Gasteiger partial charge in [-0.2, -0.15) is 0 Å². The summed E-state index contributed by atoms with van der Waals surface area (Å²) in [5.41, 5.74) is 0.805. The van der Waals surface area contributed by atoms with Crippen molar-refractivity contribution in [3.63, 3.8) is 0 Å². The van der Waals surface area contributed by atoms with Crippen molar-refractivity contribution in [1.29, 1.82) is 0 Å². The SMILES string of the molecule is C=CCOc1c(I)cc(/C=C2\SC(=O)N(Cc3ccccc3[N+](=O)[O-])C2=O)cc1OC. The highest BCUT2D eigenvalue weighted by atomic mass is 127. The molecule has 2 aromatic rings. The molecule has 1 heterocycles. The maximum Gasteiger partial charge on any atom is 0.293 e. The summed E-state index contributed by atoms with van der Waals surface area (Å²) in [6.07, 6.45) is 3.21. The first-order valence-corrected chi connectivity index (χ1v) is 10.8. The van der Waals surface area contributed by atoms with E-state index in [2.05, 4.69) is 29.2 Å². The molecule has 2 aromatic carbocycles. The summed E-state index contributed by atoms with van der Waals surface area (Å²) >= 11 is 2.89. The van der Waals surface area contributed by atoms with Crippen molar-refractivity contribution in [2.75, 3.05) is 13.7 Å². The fourth-order valence-electron chi connectivity index (χ4n) is 2.89. The Morgan fingerprint density at radius 1 is 1.29 bits per heavy atom. The molecule has 0 spiro atoms. The van der Waals surface area contributed by atoms with E-state index in [4.69, 9.17) is 9.47 Å². The molecule has 0 bridgehead atoms. The van der Waals surface area contributed by atoms with E-state index in [9.17, 15) is 19.7 Å². The second kappa shape index (κ2) is 9.96. The third-order valence-electron chi connectivity index (χ3n) is 4.29. The molecule has 2 amide bonds. The van der Waals surface area contributed by atoms with E-state index in [1.165, 1.54) is 25.3 Å². The summed E-state index contributed by atoms with van der Waals surface area (Å²) in [6.45, 7) is 3.77. The van der Waals surface area contributed by atoms with Crippen LogP contribution in [0, 0.1) is 13.7 Å². The molecule has 8 nitrogen and oxygen atoms in total. The van der Waals surface area contributed by atoms with Crippen molar-refractivity contribution >= 4 is 57.3 Å². The molecule has 1 saturated heterocycles. The van der Waals surface area contributed by atoms with Gasteiger partial charge in [0.05, 0.1) is 27.1 Å². The van der Waals surface area contributed by atoms with Crippen LogP contribution < -0.4 is 9.47 Å². The van der Waals surface area contributed by atoms with Crippen molar-refractivity contribution in [2.45, 2.75) is 6.54 Å². The molecule has 31 heavy (non-hydrogen) atoms. The first-order chi connectivity index (χ1) is 14.8. The molecule has 0 aromatic heterocycles. The Labute approximate surface area is 196 Å². The Morgan fingerprint density at radius 3 is 2.71 bits per heavy atom. The van der Waals surface area contributed by atoms with Gasteiger partial charge in [0.2, 0.25) is 0 Å². The zero-order valence-corrected chi connectivity index (χ0v) is 19.3. The molecule has 1 aliphatic rings. The maximum absolute atomic E-state index is 12.8. The lowest BCUT2D eigenvalue weighted by Crippen LogP contribution is -2.27. The molecule has 0 saturated carbocycles. The molecule has 0 unspecified atom stereocenters. The van der Waals surface area contributed by atoms with E-state index in [-0.39, 0.29) is 22.7 Å². The first-order valence-electron chi connectivity index (χ1n) is 8.94. The summed E-state index contributed by atoms with van der Waals surface area (Å²) in [7, 11) is 1.51. The quantitative estimate of drug-likeness (QED) is 0.149. The van der Waals surface area contributed by atoms with Crippen LogP contribution in [0.1, 0.15) is 11.1 Å².